The van der Waals surface area contributed by atoms with E-state index < -0.39 is 17.9 Å². The van der Waals surface area contributed by atoms with Gasteiger partial charge in [0.05, 0.1) is 5.92 Å². The topological polar surface area (TPSA) is 81.7 Å². The van der Waals surface area contributed by atoms with E-state index in [4.69, 9.17) is 15.9 Å². The fourth-order valence-electron chi connectivity index (χ4n) is 5.00. The minimum Gasteiger partial charge on any atom is -0.461 e. The predicted molar refractivity (Wildman–Crippen MR) is 149 cm³/mol. The van der Waals surface area contributed by atoms with Crippen molar-refractivity contribution >= 4 is 17.8 Å². The first-order chi connectivity index (χ1) is 17.8. The minimum atomic E-state index is -0.775. The van der Waals surface area contributed by atoms with Gasteiger partial charge in [0.2, 0.25) is 0 Å². The van der Waals surface area contributed by atoms with Crippen LogP contribution in [0.15, 0.2) is 0 Å². The number of nitrogens with one attached hydrogen (secondary N) is 1. The largest absolute Gasteiger partial charge is 0.461 e. The molecule has 0 aromatic carbocycles. The summed E-state index contributed by atoms with van der Waals surface area (Å²) in [5, 5.41) is 2.61. The molecular weight excluding hydrogens is 466 g/mol. The van der Waals surface area contributed by atoms with Crippen molar-refractivity contribution < 1.29 is 23.9 Å². The molecule has 37 heavy (non-hydrogen) atoms. The number of ether oxygens (including phenoxy) is 2. The van der Waals surface area contributed by atoms with E-state index in [9.17, 15) is 14.4 Å². The highest BCUT2D eigenvalue weighted by Crippen LogP contribution is 2.32. The van der Waals surface area contributed by atoms with Crippen LogP contribution in [0.25, 0.3) is 0 Å². The number of carbonyl (C=O) groups is 3. The van der Waals surface area contributed by atoms with Gasteiger partial charge in [0.1, 0.15) is 18.2 Å². The quantitative estimate of drug-likeness (QED) is 0.0957. The van der Waals surface area contributed by atoms with Gasteiger partial charge >= 0.3 is 11.9 Å². The zero-order valence-electron chi connectivity index (χ0n) is 24.0. The first-order valence-electron chi connectivity index (χ1n) is 15.0. The van der Waals surface area contributed by atoms with E-state index in [1.54, 1.807) is 0 Å². The highest BCUT2D eigenvalue weighted by molar-refractivity contribution is 5.95. The van der Waals surface area contributed by atoms with E-state index in [-0.39, 0.29) is 30.0 Å². The molecule has 0 bridgehead atoms. The molecule has 1 rings (SSSR count). The molecule has 1 fully saturated rings. The molecule has 0 unspecified atom stereocenters. The Bertz CT molecular complexity index is 698. The van der Waals surface area contributed by atoms with Crippen LogP contribution in [0.2, 0.25) is 0 Å². The number of hydrogen-bond donors (Lipinski definition) is 1. The van der Waals surface area contributed by atoms with Crippen molar-refractivity contribution in [3.63, 3.8) is 0 Å². The number of rotatable bonds is 22. The van der Waals surface area contributed by atoms with E-state index in [1.807, 2.05) is 19.8 Å². The highest BCUT2D eigenvalue weighted by Gasteiger charge is 2.43. The van der Waals surface area contributed by atoms with Gasteiger partial charge < -0.3 is 14.8 Å². The van der Waals surface area contributed by atoms with Gasteiger partial charge in [0, 0.05) is 6.42 Å². The normalized spacial score (nSPS) is 18.4. The standard InChI is InChI=1S/C31H53NO5/c1-6-9-11-13-14-15-16-17-18-20-25(23-28-26(30(34)37-28)21-19-12-10-7-2)36-31(35)27(22-24(4)5)32-29(33)8-3/h3,24-28H,6-7,9-23H2,1-2,4-5H3,(H,32,33)/t25-,26-,27-,28-/m0/s1. The number of unbranched alkanes of at least 4 members (excludes halogenated alkanes) is 11. The van der Waals surface area contributed by atoms with Gasteiger partial charge in [-0.2, -0.15) is 0 Å². The van der Waals surface area contributed by atoms with Crippen LogP contribution in [-0.2, 0) is 23.9 Å². The van der Waals surface area contributed by atoms with Crippen LogP contribution in [-0.4, -0.2) is 36.1 Å². The van der Waals surface area contributed by atoms with E-state index >= 15 is 0 Å². The lowest BCUT2D eigenvalue weighted by atomic mass is 9.86. The number of terminal acetylenes is 1. The Kier molecular flexibility index (Phi) is 17.8. The van der Waals surface area contributed by atoms with Crippen molar-refractivity contribution in [1.82, 2.24) is 5.32 Å². The molecule has 0 radical (unpaired) electrons. The molecule has 4 atom stereocenters. The second-order valence-corrected chi connectivity index (χ2v) is 11.1. The molecule has 0 saturated carbocycles. The maximum absolute atomic E-state index is 13.1. The van der Waals surface area contributed by atoms with E-state index in [0.717, 1.165) is 44.9 Å². The highest BCUT2D eigenvalue weighted by atomic mass is 16.6. The molecule has 0 aromatic rings. The minimum absolute atomic E-state index is 0.103. The Morgan fingerprint density at radius 3 is 2.05 bits per heavy atom. The second-order valence-electron chi connectivity index (χ2n) is 11.1. The Labute approximate surface area is 226 Å². The van der Waals surface area contributed by atoms with Crippen LogP contribution in [0, 0.1) is 24.2 Å². The van der Waals surface area contributed by atoms with Crippen LogP contribution in [0.1, 0.15) is 137 Å². The third-order valence-electron chi connectivity index (χ3n) is 7.22. The van der Waals surface area contributed by atoms with Crippen molar-refractivity contribution in [2.24, 2.45) is 11.8 Å². The molecular formula is C31H53NO5. The van der Waals surface area contributed by atoms with Gasteiger partial charge in [-0.05, 0) is 37.5 Å². The molecule has 1 amide bonds. The number of amides is 1. The summed E-state index contributed by atoms with van der Waals surface area (Å²) in [4.78, 5) is 37.0. The summed E-state index contributed by atoms with van der Waals surface area (Å²) in [6.07, 6.45) is 22.6. The molecule has 1 saturated heterocycles. The zero-order valence-corrected chi connectivity index (χ0v) is 24.0. The predicted octanol–water partition coefficient (Wildman–Crippen LogP) is 6.89. The van der Waals surface area contributed by atoms with E-state index in [2.05, 4.69) is 19.2 Å². The van der Waals surface area contributed by atoms with Crippen LogP contribution in [0.5, 0.6) is 0 Å². The molecule has 1 heterocycles. The summed E-state index contributed by atoms with van der Waals surface area (Å²) in [6, 6.07) is -0.775. The van der Waals surface area contributed by atoms with Crippen molar-refractivity contribution in [1.29, 1.82) is 0 Å². The van der Waals surface area contributed by atoms with Gasteiger partial charge in [-0.1, -0.05) is 105 Å². The second kappa shape index (κ2) is 20.0. The summed E-state index contributed by atoms with van der Waals surface area (Å²) in [7, 11) is 0. The first kappa shape index (κ1) is 33.0. The Balaban J connectivity index is 2.67. The van der Waals surface area contributed by atoms with Gasteiger partial charge in [-0.15, -0.1) is 6.42 Å². The van der Waals surface area contributed by atoms with Crippen molar-refractivity contribution in [2.75, 3.05) is 0 Å². The summed E-state index contributed by atoms with van der Waals surface area (Å²) in [5.41, 5.74) is 0. The molecule has 1 aliphatic rings. The lowest BCUT2D eigenvalue weighted by Crippen LogP contribution is -2.48. The number of carbonyl (C=O) groups excluding carboxylic acids is 3. The van der Waals surface area contributed by atoms with Gasteiger partial charge in [0.15, 0.2) is 0 Å². The number of cyclic esters (lactones) is 1. The third-order valence-corrected chi connectivity index (χ3v) is 7.22. The Hall–Kier alpha value is -2.03. The lowest BCUT2D eigenvalue weighted by molar-refractivity contribution is -0.190. The number of esters is 2. The maximum Gasteiger partial charge on any atom is 0.328 e. The summed E-state index contributed by atoms with van der Waals surface area (Å²) >= 11 is 0. The maximum atomic E-state index is 13.1. The monoisotopic (exact) mass is 519 g/mol. The number of hydrogen-bond acceptors (Lipinski definition) is 5. The summed E-state index contributed by atoms with van der Waals surface area (Å²) < 4.78 is 11.4. The van der Waals surface area contributed by atoms with Gasteiger partial charge in [-0.25, -0.2) is 4.79 Å². The average Bonchev–Trinajstić information content (AvgIpc) is 2.86. The van der Waals surface area contributed by atoms with Crippen molar-refractivity contribution in [3.05, 3.63) is 0 Å². The fourth-order valence-corrected chi connectivity index (χ4v) is 5.00. The Morgan fingerprint density at radius 1 is 0.946 bits per heavy atom. The molecule has 1 N–H and O–H groups in total. The van der Waals surface area contributed by atoms with Crippen LogP contribution >= 0.6 is 0 Å². The van der Waals surface area contributed by atoms with Gasteiger partial charge in [-0.3, -0.25) is 9.59 Å². The molecule has 0 spiro atoms. The molecule has 6 heteroatoms. The molecule has 1 aliphatic heterocycles. The SMILES string of the molecule is C#CC(=O)N[C@@H](CC(C)C)C(=O)O[C@@H](CCCCCCCCCCC)C[C@@H]1OC(=O)[C@H]1CCCCCC. The molecule has 212 valence electrons. The fraction of sp³-hybridized carbons (Fsp3) is 0.839. The Morgan fingerprint density at radius 2 is 1.51 bits per heavy atom. The molecule has 0 aliphatic carbocycles. The van der Waals surface area contributed by atoms with E-state index in [1.165, 1.54) is 51.4 Å². The third kappa shape index (κ3) is 14.5. The van der Waals surface area contributed by atoms with Gasteiger partial charge in [0.25, 0.3) is 5.91 Å². The van der Waals surface area contributed by atoms with E-state index in [0.29, 0.717) is 12.8 Å². The smallest absolute Gasteiger partial charge is 0.328 e. The van der Waals surface area contributed by atoms with Crippen molar-refractivity contribution in [2.45, 2.75) is 155 Å². The lowest BCUT2D eigenvalue weighted by Gasteiger charge is -2.37. The average molecular weight is 520 g/mol. The molecule has 0 aromatic heterocycles. The summed E-state index contributed by atoms with van der Waals surface area (Å²) in [5.74, 6) is 0.906. The van der Waals surface area contributed by atoms with Crippen molar-refractivity contribution in [3.8, 4) is 12.3 Å². The first-order valence-corrected chi connectivity index (χ1v) is 15.0. The molecule has 6 nitrogen and oxygen atoms in total. The van der Waals surface area contributed by atoms with Crippen LogP contribution < -0.4 is 5.32 Å². The van der Waals surface area contributed by atoms with Crippen LogP contribution in [0.3, 0.4) is 0 Å². The zero-order chi connectivity index (χ0) is 27.5. The summed E-state index contributed by atoms with van der Waals surface area (Å²) in [6.45, 7) is 8.37. The van der Waals surface area contributed by atoms with Crippen LogP contribution in [0.4, 0.5) is 0 Å².